The Hall–Kier alpha value is -4.87. The zero-order chi connectivity index (χ0) is 30.0. The van der Waals surface area contributed by atoms with E-state index in [2.05, 4.69) is 20.6 Å². The third-order valence-electron chi connectivity index (χ3n) is 9.76. The molecule has 4 aromatic rings. The zero-order valence-corrected chi connectivity index (χ0v) is 23.7. The molecule has 2 aromatic carbocycles. The second kappa shape index (κ2) is 9.85. The summed E-state index contributed by atoms with van der Waals surface area (Å²) in [5.74, 6) is -0.0957. The van der Waals surface area contributed by atoms with Crippen LogP contribution in [0.5, 0.6) is 11.5 Å². The fraction of sp³-hybridized carbons (Fsp3) is 0.387. The van der Waals surface area contributed by atoms with Gasteiger partial charge in [-0.1, -0.05) is 12.1 Å². The van der Waals surface area contributed by atoms with Crippen molar-refractivity contribution in [3.8, 4) is 28.4 Å². The van der Waals surface area contributed by atoms with Crippen LogP contribution in [-0.4, -0.2) is 56.7 Å². The van der Waals surface area contributed by atoms with Crippen molar-refractivity contribution in [1.82, 2.24) is 25.3 Å². The summed E-state index contributed by atoms with van der Waals surface area (Å²) in [4.78, 5) is 52.6. The summed E-state index contributed by atoms with van der Waals surface area (Å²) in [5.41, 5.74) is -1.42. The molecule has 1 amide bonds. The largest absolute Gasteiger partial charge is 0.496 e. The van der Waals surface area contributed by atoms with E-state index >= 15 is 0 Å². The average molecular weight is 586 g/mol. The molecular weight excluding hydrogens is 554 g/mol. The first-order chi connectivity index (χ1) is 20.7. The van der Waals surface area contributed by atoms with Crippen LogP contribution in [0.3, 0.4) is 0 Å². The number of carbonyl (C=O) groups is 2. The predicted molar refractivity (Wildman–Crippen MR) is 156 cm³/mol. The van der Waals surface area contributed by atoms with Crippen LogP contribution in [-0.2, 0) is 4.79 Å². The summed E-state index contributed by atoms with van der Waals surface area (Å²) in [6.45, 7) is 0. The topological polar surface area (TPSA) is 168 Å². The van der Waals surface area contributed by atoms with Gasteiger partial charge in [-0.05, 0) is 86.1 Å². The Morgan fingerprint density at radius 3 is 2.14 bits per heavy atom. The number of carboxylic acid groups (broad SMARTS) is 1. The van der Waals surface area contributed by atoms with Crippen LogP contribution in [0.25, 0.3) is 27.7 Å². The average Bonchev–Trinajstić information content (AvgIpc) is 3.44. The highest BCUT2D eigenvalue weighted by atomic mass is 16.5. The molecule has 0 spiro atoms. The molecule has 0 saturated heterocycles. The Morgan fingerprint density at radius 1 is 0.930 bits per heavy atom. The van der Waals surface area contributed by atoms with Crippen LogP contribution in [0, 0.1) is 23.7 Å². The van der Waals surface area contributed by atoms with E-state index in [-0.39, 0.29) is 34.0 Å². The Balaban J connectivity index is 1.41. The molecule has 4 N–H and O–H groups in total. The number of carboxylic acids is 1. The van der Waals surface area contributed by atoms with Gasteiger partial charge in [0.2, 0.25) is 0 Å². The van der Waals surface area contributed by atoms with Crippen LogP contribution in [0.15, 0.2) is 52.1 Å². The normalized spacial score (nSPS) is 25.5. The Labute approximate surface area is 245 Å². The van der Waals surface area contributed by atoms with Gasteiger partial charge in [0.1, 0.15) is 17.0 Å². The lowest BCUT2D eigenvalue weighted by atomic mass is 9.48. The molecule has 43 heavy (non-hydrogen) atoms. The van der Waals surface area contributed by atoms with Gasteiger partial charge in [-0.2, -0.15) is 5.10 Å². The van der Waals surface area contributed by atoms with Gasteiger partial charge in [-0.15, -0.1) is 0 Å². The number of carbonyl (C=O) groups excluding carboxylic acids is 1. The van der Waals surface area contributed by atoms with Gasteiger partial charge in [0, 0.05) is 0 Å². The van der Waals surface area contributed by atoms with Gasteiger partial charge >= 0.3 is 5.97 Å². The van der Waals surface area contributed by atoms with Crippen LogP contribution in [0.2, 0.25) is 0 Å². The second-order valence-corrected chi connectivity index (χ2v) is 11.9. The van der Waals surface area contributed by atoms with Crippen molar-refractivity contribution in [2.75, 3.05) is 14.2 Å². The highest BCUT2D eigenvalue weighted by Gasteiger charge is 2.62. The lowest BCUT2D eigenvalue weighted by Crippen LogP contribution is -2.70. The Kier molecular flexibility index (Phi) is 6.19. The molecule has 0 aliphatic heterocycles. The molecule has 4 saturated carbocycles. The van der Waals surface area contributed by atoms with Crippen LogP contribution in [0.4, 0.5) is 0 Å². The molecule has 12 nitrogen and oxygen atoms in total. The number of nitrogens with zero attached hydrogens (tertiary/aromatic N) is 2. The number of rotatable bonds is 7. The van der Waals surface area contributed by atoms with Gasteiger partial charge in [-0.3, -0.25) is 24.6 Å². The van der Waals surface area contributed by atoms with Gasteiger partial charge in [0.25, 0.3) is 17.0 Å². The Bertz CT molecular complexity index is 1850. The third-order valence-corrected chi connectivity index (χ3v) is 9.76. The van der Waals surface area contributed by atoms with Crippen molar-refractivity contribution in [1.29, 1.82) is 0 Å². The van der Waals surface area contributed by atoms with Crippen molar-refractivity contribution in [2.45, 2.75) is 37.6 Å². The Morgan fingerprint density at radius 2 is 1.53 bits per heavy atom. The maximum Gasteiger partial charge on any atom is 0.330 e. The number of ether oxygens (including phenoxy) is 2. The number of aliphatic carboxylic acids is 1. The summed E-state index contributed by atoms with van der Waals surface area (Å²) in [6, 6.07) is 11.5. The number of amides is 1. The van der Waals surface area contributed by atoms with Gasteiger partial charge in [0.05, 0.1) is 41.9 Å². The monoisotopic (exact) mass is 585 g/mol. The first-order valence-electron chi connectivity index (χ1n) is 14.4. The van der Waals surface area contributed by atoms with E-state index in [1.54, 1.807) is 30.3 Å². The molecule has 0 atom stereocenters. The molecular formula is C31H31N5O7. The number of fused-ring (bicyclic) bond motifs is 1. The fourth-order valence-corrected chi connectivity index (χ4v) is 8.13. The van der Waals surface area contributed by atoms with Gasteiger partial charge < -0.3 is 19.9 Å². The molecule has 222 valence electrons. The fourth-order valence-electron chi connectivity index (χ4n) is 8.13. The molecule has 4 aliphatic rings. The smallest absolute Gasteiger partial charge is 0.330 e. The quantitative estimate of drug-likeness (QED) is 0.257. The number of nitrogens with one attached hydrogen (secondary N) is 3. The standard InChI is InChI=1S/C31H31N5O7/c1-42-23-7-4-8-24(43-2)26(23)22-14-20(35-36(22)21-6-3-5-19-25(21)29(39)34-33-27(19)37)28(38)32-31(30(40)41)17-10-15-9-16(12-17)13-18(31)11-15/h3-8,14-18H,9-13H2,1-2H3,(H,32,38)(H,33,37)(H,34,39)(H,40,41). The molecule has 4 bridgehead atoms. The lowest BCUT2D eigenvalue weighted by Gasteiger charge is -2.59. The third kappa shape index (κ3) is 3.99. The summed E-state index contributed by atoms with van der Waals surface area (Å²) in [5, 5.41) is 23.1. The van der Waals surface area contributed by atoms with E-state index in [4.69, 9.17) is 9.47 Å². The van der Waals surface area contributed by atoms with E-state index < -0.39 is 28.5 Å². The number of H-pyrrole nitrogens is 2. The molecule has 12 heteroatoms. The van der Waals surface area contributed by atoms with Gasteiger partial charge in [-0.25, -0.2) is 9.48 Å². The summed E-state index contributed by atoms with van der Waals surface area (Å²) < 4.78 is 12.7. The van der Waals surface area contributed by atoms with E-state index in [0.717, 1.165) is 32.1 Å². The van der Waals surface area contributed by atoms with Crippen molar-refractivity contribution in [3.05, 3.63) is 68.9 Å². The van der Waals surface area contributed by atoms with E-state index in [1.165, 1.54) is 31.0 Å². The number of hydrogen-bond donors (Lipinski definition) is 4. The molecule has 2 aromatic heterocycles. The maximum absolute atomic E-state index is 14.0. The van der Waals surface area contributed by atoms with Crippen molar-refractivity contribution in [3.63, 3.8) is 0 Å². The minimum absolute atomic E-state index is 0.0457. The number of methoxy groups -OCH3 is 2. The van der Waals surface area contributed by atoms with E-state index in [1.807, 2.05) is 0 Å². The summed E-state index contributed by atoms with van der Waals surface area (Å²) in [7, 11) is 3.00. The van der Waals surface area contributed by atoms with E-state index in [9.17, 15) is 24.3 Å². The number of aromatic nitrogens is 4. The van der Waals surface area contributed by atoms with Crippen LogP contribution >= 0.6 is 0 Å². The SMILES string of the molecule is COc1cccc(OC)c1-c1cc(C(=O)NC2(C(=O)O)C3CC4CC(C3)CC2C4)nn1-c1cccc2c(=O)[nH][nH]c(=O)c12. The number of benzene rings is 2. The predicted octanol–water partition coefficient (Wildman–Crippen LogP) is 3.10. The maximum atomic E-state index is 14.0. The molecule has 4 fully saturated rings. The second-order valence-electron chi connectivity index (χ2n) is 11.9. The van der Waals surface area contributed by atoms with E-state index in [0.29, 0.717) is 34.6 Å². The lowest BCUT2D eigenvalue weighted by molar-refractivity contribution is -0.163. The highest BCUT2D eigenvalue weighted by Crippen LogP contribution is 2.58. The first kappa shape index (κ1) is 27.0. The van der Waals surface area contributed by atoms with Crippen molar-refractivity contribution in [2.24, 2.45) is 23.7 Å². The van der Waals surface area contributed by atoms with Crippen molar-refractivity contribution >= 4 is 22.6 Å². The van der Waals surface area contributed by atoms with Crippen LogP contribution in [0.1, 0.15) is 42.6 Å². The summed E-state index contributed by atoms with van der Waals surface area (Å²) in [6.07, 6.45) is 4.27. The summed E-state index contributed by atoms with van der Waals surface area (Å²) >= 11 is 0. The number of hydrogen-bond acceptors (Lipinski definition) is 7. The van der Waals surface area contributed by atoms with Crippen molar-refractivity contribution < 1.29 is 24.2 Å². The molecule has 8 rings (SSSR count). The minimum atomic E-state index is -1.37. The van der Waals surface area contributed by atoms with Gasteiger partial charge in [0.15, 0.2) is 5.69 Å². The molecule has 0 unspecified atom stereocenters. The van der Waals surface area contributed by atoms with Crippen LogP contribution < -0.4 is 25.9 Å². The highest BCUT2D eigenvalue weighted by molar-refractivity contribution is 5.99. The first-order valence-corrected chi connectivity index (χ1v) is 14.4. The molecule has 4 aliphatic carbocycles. The zero-order valence-electron chi connectivity index (χ0n) is 23.7. The molecule has 2 heterocycles. The number of aromatic amines is 2. The molecule has 0 radical (unpaired) electrons. The minimum Gasteiger partial charge on any atom is -0.496 e.